The van der Waals surface area contributed by atoms with Gasteiger partial charge in [-0.25, -0.2) is 8.42 Å². The first-order valence-corrected chi connectivity index (χ1v) is 9.38. The van der Waals surface area contributed by atoms with Gasteiger partial charge in [0.1, 0.15) is 0 Å². The van der Waals surface area contributed by atoms with Crippen LogP contribution < -0.4 is 15.5 Å². The highest BCUT2D eigenvalue weighted by Crippen LogP contribution is 2.12. The molecular formula is C16H18N4O2S2. The third-order valence-corrected chi connectivity index (χ3v) is 3.74. The van der Waals surface area contributed by atoms with Gasteiger partial charge in [-0.3, -0.25) is 10.1 Å². The average molecular weight is 362 g/mol. The molecule has 0 spiro atoms. The Balaban J connectivity index is 2.02. The molecule has 0 saturated carbocycles. The number of hydrogen-bond donors (Lipinski definition) is 3. The topological polar surface area (TPSA) is 82.6 Å². The van der Waals surface area contributed by atoms with E-state index in [2.05, 4.69) is 20.6 Å². The lowest BCUT2D eigenvalue weighted by Gasteiger charge is -2.09. The highest BCUT2D eigenvalue weighted by molar-refractivity contribution is 7.92. The Morgan fingerprint density at radius 3 is 2.38 bits per heavy atom. The summed E-state index contributed by atoms with van der Waals surface area (Å²) >= 11 is 5.18. The van der Waals surface area contributed by atoms with E-state index in [4.69, 9.17) is 12.2 Å². The number of sulfonamides is 1. The Hall–Kier alpha value is -2.45. The van der Waals surface area contributed by atoms with Gasteiger partial charge in [0.2, 0.25) is 10.0 Å². The van der Waals surface area contributed by atoms with Gasteiger partial charge in [0.25, 0.3) is 0 Å². The maximum Gasteiger partial charge on any atom is 0.229 e. The van der Waals surface area contributed by atoms with Crippen molar-refractivity contribution in [3.63, 3.8) is 0 Å². The Bertz CT molecular complexity index is 849. The van der Waals surface area contributed by atoms with E-state index in [1.54, 1.807) is 25.1 Å². The number of hydrogen-bond acceptors (Lipinski definition) is 4. The summed E-state index contributed by atoms with van der Waals surface area (Å²) in [5.74, 6) is 0. The van der Waals surface area contributed by atoms with Crippen molar-refractivity contribution >= 4 is 44.4 Å². The van der Waals surface area contributed by atoms with Crippen LogP contribution in [0.5, 0.6) is 0 Å². The first kappa shape index (κ1) is 17.9. The molecule has 0 aliphatic rings. The zero-order valence-corrected chi connectivity index (χ0v) is 14.9. The summed E-state index contributed by atoms with van der Waals surface area (Å²) in [6.45, 7) is 1.80. The zero-order valence-electron chi connectivity index (χ0n) is 13.3. The molecule has 0 radical (unpaired) electrons. The molecule has 0 aliphatic carbocycles. The molecule has 3 N–H and O–H groups in total. The minimum absolute atomic E-state index is 0.367. The molecule has 0 amide bonds. The van der Waals surface area contributed by atoms with E-state index >= 15 is 0 Å². The molecule has 0 bridgehead atoms. The first-order valence-electron chi connectivity index (χ1n) is 7.08. The average Bonchev–Trinajstić information content (AvgIpc) is 2.52. The van der Waals surface area contributed by atoms with Gasteiger partial charge in [-0.15, -0.1) is 0 Å². The van der Waals surface area contributed by atoms with Crippen LogP contribution in [0.3, 0.4) is 0 Å². The van der Waals surface area contributed by atoms with Crippen molar-refractivity contribution in [2.24, 2.45) is 5.10 Å². The normalized spacial score (nSPS) is 11.7. The fraction of sp³-hybridized carbons (Fsp3) is 0.125. The smallest absolute Gasteiger partial charge is 0.229 e. The van der Waals surface area contributed by atoms with Crippen molar-refractivity contribution in [2.45, 2.75) is 6.92 Å². The predicted octanol–water partition coefficient (Wildman–Crippen LogP) is 2.77. The fourth-order valence-electron chi connectivity index (χ4n) is 1.90. The van der Waals surface area contributed by atoms with E-state index in [1.807, 2.05) is 36.4 Å². The number of benzene rings is 2. The van der Waals surface area contributed by atoms with Crippen molar-refractivity contribution in [3.05, 3.63) is 60.2 Å². The quantitative estimate of drug-likeness (QED) is 0.433. The molecule has 0 aliphatic heterocycles. The maximum atomic E-state index is 11.3. The number of nitrogens with zero attached hydrogens (tertiary/aromatic N) is 1. The van der Waals surface area contributed by atoms with Gasteiger partial charge in [-0.1, -0.05) is 30.3 Å². The number of rotatable bonds is 5. The van der Waals surface area contributed by atoms with Crippen molar-refractivity contribution < 1.29 is 8.42 Å². The Morgan fingerprint density at radius 1 is 1.04 bits per heavy atom. The van der Waals surface area contributed by atoms with Crippen LogP contribution in [0.4, 0.5) is 11.4 Å². The molecule has 126 valence electrons. The molecule has 6 nitrogen and oxygen atoms in total. The van der Waals surface area contributed by atoms with Gasteiger partial charge in [0.15, 0.2) is 5.11 Å². The van der Waals surface area contributed by atoms with Crippen LogP contribution in [0, 0.1) is 0 Å². The monoisotopic (exact) mass is 362 g/mol. The number of thiocarbonyl (C=S) groups is 1. The fourth-order valence-corrected chi connectivity index (χ4v) is 2.62. The summed E-state index contributed by atoms with van der Waals surface area (Å²) in [5, 5.41) is 7.59. The van der Waals surface area contributed by atoms with Gasteiger partial charge in [0.05, 0.1) is 12.0 Å². The summed E-state index contributed by atoms with van der Waals surface area (Å²) in [6, 6.07) is 16.5. The molecule has 0 unspecified atom stereocenters. The summed E-state index contributed by atoms with van der Waals surface area (Å²) in [5.41, 5.74) is 5.56. The number of hydrazone groups is 1. The minimum Gasteiger partial charge on any atom is -0.331 e. The molecule has 2 aromatic carbocycles. The molecule has 24 heavy (non-hydrogen) atoms. The van der Waals surface area contributed by atoms with Crippen molar-refractivity contribution in [2.75, 3.05) is 16.3 Å². The first-order chi connectivity index (χ1) is 11.3. The highest BCUT2D eigenvalue weighted by Gasteiger charge is 2.04. The molecule has 0 saturated heterocycles. The largest absolute Gasteiger partial charge is 0.331 e. The van der Waals surface area contributed by atoms with Crippen molar-refractivity contribution in [3.8, 4) is 0 Å². The Morgan fingerprint density at radius 2 is 1.71 bits per heavy atom. The van der Waals surface area contributed by atoms with Crippen molar-refractivity contribution in [1.82, 2.24) is 5.43 Å². The van der Waals surface area contributed by atoms with Crippen LogP contribution in [0.2, 0.25) is 0 Å². The highest BCUT2D eigenvalue weighted by atomic mass is 32.2. The van der Waals surface area contributed by atoms with Crippen LogP contribution in [0.25, 0.3) is 0 Å². The summed E-state index contributed by atoms with van der Waals surface area (Å²) in [6.07, 6.45) is 1.11. The van der Waals surface area contributed by atoms with Gasteiger partial charge >= 0.3 is 0 Å². The lowest BCUT2D eigenvalue weighted by molar-refractivity contribution is 0.607. The summed E-state index contributed by atoms with van der Waals surface area (Å²) in [7, 11) is -3.32. The lowest BCUT2D eigenvalue weighted by atomic mass is 10.1. The third kappa shape index (κ3) is 5.98. The van der Waals surface area contributed by atoms with E-state index in [-0.39, 0.29) is 0 Å². The molecule has 0 heterocycles. The van der Waals surface area contributed by atoms with Gasteiger partial charge in [-0.05, 0) is 49.0 Å². The molecule has 2 rings (SSSR count). The molecule has 0 aromatic heterocycles. The van der Waals surface area contributed by atoms with Gasteiger partial charge in [-0.2, -0.15) is 5.10 Å². The maximum absolute atomic E-state index is 11.3. The number of para-hydroxylation sites is 1. The molecule has 8 heteroatoms. The Labute approximate surface area is 147 Å². The standard InChI is InChI=1S/C16H18N4O2S2/c1-12(13-7-6-10-15(11-13)20-24(2,21)22)18-19-16(23)17-14-8-4-3-5-9-14/h3-11,20H,1-2H3,(H2,17,19,23)/b18-12-. The van der Waals surface area contributed by atoms with Gasteiger partial charge < -0.3 is 5.32 Å². The summed E-state index contributed by atoms with van der Waals surface area (Å²) in [4.78, 5) is 0. The van der Waals surface area contributed by atoms with E-state index < -0.39 is 10.0 Å². The van der Waals surface area contributed by atoms with Crippen LogP contribution in [0.15, 0.2) is 59.7 Å². The molecule has 2 aromatic rings. The second-order valence-electron chi connectivity index (χ2n) is 5.08. The molecule has 0 fully saturated rings. The van der Waals surface area contributed by atoms with E-state index in [0.29, 0.717) is 16.5 Å². The molecular weight excluding hydrogens is 344 g/mol. The van der Waals surface area contributed by atoms with Crippen molar-refractivity contribution in [1.29, 1.82) is 0 Å². The SMILES string of the molecule is C/C(=N/NC(=S)Nc1ccccc1)c1cccc(NS(C)(=O)=O)c1. The Kier molecular flexibility index (Phi) is 5.88. The third-order valence-electron chi connectivity index (χ3n) is 2.94. The second-order valence-corrected chi connectivity index (χ2v) is 7.24. The lowest BCUT2D eigenvalue weighted by Crippen LogP contribution is -2.24. The van der Waals surface area contributed by atoms with Gasteiger partial charge in [0, 0.05) is 11.4 Å². The summed E-state index contributed by atoms with van der Waals surface area (Å²) < 4.78 is 25.0. The predicted molar refractivity (Wildman–Crippen MR) is 103 cm³/mol. The zero-order chi connectivity index (χ0) is 17.6. The van der Waals surface area contributed by atoms with E-state index in [1.165, 1.54) is 0 Å². The minimum atomic E-state index is -3.32. The van der Waals surface area contributed by atoms with Crippen LogP contribution in [-0.4, -0.2) is 25.5 Å². The van der Waals surface area contributed by atoms with E-state index in [9.17, 15) is 8.42 Å². The van der Waals surface area contributed by atoms with Crippen LogP contribution in [-0.2, 0) is 10.0 Å². The number of anilines is 2. The second kappa shape index (κ2) is 7.89. The van der Waals surface area contributed by atoms with Crippen LogP contribution in [0.1, 0.15) is 12.5 Å². The van der Waals surface area contributed by atoms with E-state index in [0.717, 1.165) is 17.5 Å². The van der Waals surface area contributed by atoms with Crippen LogP contribution >= 0.6 is 12.2 Å². The molecule has 0 atom stereocenters. The number of nitrogens with one attached hydrogen (secondary N) is 3.